The second-order valence-electron chi connectivity index (χ2n) is 6.08. The van der Waals surface area contributed by atoms with Crippen LogP contribution in [0.1, 0.15) is 38.2 Å². The van der Waals surface area contributed by atoms with Crippen LogP contribution in [-0.4, -0.2) is 20.2 Å². The molecule has 0 amide bonds. The molecule has 114 valence electrons. The third-order valence-corrected chi connectivity index (χ3v) is 6.30. The highest BCUT2D eigenvalue weighted by Gasteiger charge is 2.30. The van der Waals surface area contributed by atoms with Crippen LogP contribution in [0.2, 0.25) is 0 Å². The van der Waals surface area contributed by atoms with Crippen molar-refractivity contribution in [3.63, 3.8) is 0 Å². The first-order chi connectivity index (χ1) is 10.1. The summed E-state index contributed by atoms with van der Waals surface area (Å²) in [5, 5.41) is 2.99. The van der Waals surface area contributed by atoms with E-state index in [1.165, 1.54) is 0 Å². The normalized spacial score (nSPS) is 25.0. The zero-order valence-corrected chi connectivity index (χ0v) is 13.1. The van der Waals surface area contributed by atoms with Gasteiger partial charge in [0.1, 0.15) is 0 Å². The Bertz CT molecular complexity index is 644. The summed E-state index contributed by atoms with van der Waals surface area (Å²) in [5.74, 6) is 0.646. The van der Waals surface area contributed by atoms with E-state index in [1.54, 1.807) is 0 Å². The molecule has 5 heteroatoms. The molecule has 1 aliphatic carbocycles. The Balaban J connectivity index is 1.81. The van der Waals surface area contributed by atoms with Gasteiger partial charge in [-0.15, -0.1) is 0 Å². The maximum atomic E-state index is 12.6. The van der Waals surface area contributed by atoms with E-state index in [9.17, 15) is 8.42 Å². The van der Waals surface area contributed by atoms with E-state index in [2.05, 4.69) is 17.0 Å². The van der Waals surface area contributed by atoms with Crippen molar-refractivity contribution < 1.29 is 8.42 Å². The SMILES string of the molecule is CC1CCC(S(=O)(=O)Nc2cccc3c2NCC=C3)CC1. The van der Waals surface area contributed by atoms with E-state index in [-0.39, 0.29) is 5.25 Å². The maximum Gasteiger partial charge on any atom is 0.235 e. The number of para-hydroxylation sites is 1. The summed E-state index contributed by atoms with van der Waals surface area (Å²) >= 11 is 0. The first-order valence-corrected chi connectivity index (χ1v) is 9.16. The first-order valence-electron chi connectivity index (χ1n) is 7.61. The lowest BCUT2D eigenvalue weighted by Gasteiger charge is -2.27. The molecule has 21 heavy (non-hydrogen) atoms. The maximum absolute atomic E-state index is 12.6. The highest BCUT2D eigenvalue weighted by atomic mass is 32.2. The molecule has 1 aliphatic heterocycles. The second-order valence-corrected chi connectivity index (χ2v) is 8.04. The Labute approximate surface area is 126 Å². The van der Waals surface area contributed by atoms with Gasteiger partial charge < -0.3 is 5.32 Å². The predicted molar refractivity (Wildman–Crippen MR) is 87.9 cm³/mol. The van der Waals surface area contributed by atoms with Crippen molar-refractivity contribution >= 4 is 27.5 Å². The van der Waals surface area contributed by atoms with E-state index in [4.69, 9.17) is 0 Å². The van der Waals surface area contributed by atoms with Gasteiger partial charge in [0.05, 0.1) is 16.6 Å². The molecule has 1 fully saturated rings. The molecule has 1 saturated carbocycles. The third kappa shape index (κ3) is 3.07. The number of hydrogen-bond donors (Lipinski definition) is 2. The Morgan fingerprint density at radius 2 is 1.95 bits per heavy atom. The standard InChI is InChI=1S/C16H22N2O2S/c1-12-7-9-14(10-8-12)21(19,20)18-15-6-2-4-13-5-3-11-17-16(13)15/h2-6,12,14,17-18H,7-11H2,1H3. The van der Waals surface area contributed by atoms with Gasteiger partial charge in [-0.2, -0.15) is 0 Å². The van der Waals surface area contributed by atoms with Gasteiger partial charge in [-0.25, -0.2) is 8.42 Å². The summed E-state index contributed by atoms with van der Waals surface area (Å²) in [4.78, 5) is 0. The fourth-order valence-electron chi connectivity index (χ4n) is 3.11. The number of nitrogens with one attached hydrogen (secondary N) is 2. The molecule has 0 saturated heterocycles. The number of fused-ring (bicyclic) bond motifs is 1. The van der Waals surface area contributed by atoms with Crippen molar-refractivity contribution in [1.82, 2.24) is 0 Å². The molecule has 2 aliphatic rings. The van der Waals surface area contributed by atoms with Crippen LogP contribution in [0.5, 0.6) is 0 Å². The second kappa shape index (κ2) is 5.72. The zero-order valence-electron chi connectivity index (χ0n) is 12.3. The average molecular weight is 306 g/mol. The summed E-state index contributed by atoms with van der Waals surface area (Å²) in [6, 6.07) is 5.70. The van der Waals surface area contributed by atoms with Gasteiger partial charge in [0.25, 0.3) is 0 Å². The molecule has 1 aromatic carbocycles. The van der Waals surface area contributed by atoms with Crippen molar-refractivity contribution in [2.75, 3.05) is 16.6 Å². The van der Waals surface area contributed by atoms with Crippen LogP contribution < -0.4 is 10.0 Å². The van der Waals surface area contributed by atoms with E-state index in [0.717, 1.165) is 43.5 Å². The number of anilines is 2. The van der Waals surface area contributed by atoms with Crippen LogP contribution in [0.25, 0.3) is 6.08 Å². The lowest BCUT2D eigenvalue weighted by Crippen LogP contribution is -2.31. The first kappa shape index (κ1) is 14.4. The molecule has 0 aromatic heterocycles. The molecule has 1 aromatic rings. The van der Waals surface area contributed by atoms with E-state index in [1.807, 2.05) is 30.4 Å². The van der Waals surface area contributed by atoms with Gasteiger partial charge in [-0.1, -0.05) is 31.2 Å². The molecular formula is C16H22N2O2S. The molecule has 0 radical (unpaired) electrons. The molecule has 3 rings (SSSR count). The largest absolute Gasteiger partial charge is 0.379 e. The summed E-state index contributed by atoms with van der Waals surface area (Å²) < 4.78 is 28.0. The zero-order chi connectivity index (χ0) is 14.9. The van der Waals surface area contributed by atoms with E-state index in [0.29, 0.717) is 11.6 Å². The lowest BCUT2D eigenvalue weighted by atomic mass is 9.91. The quantitative estimate of drug-likeness (QED) is 0.899. The van der Waals surface area contributed by atoms with Gasteiger partial charge >= 0.3 is 0 Å². The fourth-order valence-corrected chi connectivity index (χ4v) is 4.65. The van der Waals surface area contributed by atoms with E-state index < -0.39 is 10.0 Å². The Kier molecular flexibility index (Phi) is 3.93. The van der Waals surface area contributed by atoms with Crippen LogP contribution in [-0.2, 0) is 10.0 Å². The molecule has 0 atom stereocenters. The fraction of sp³-hybridized carbons (Fsp3) is 0.500. The number of sulfonamides is 1. The van der Waals surface area contributed by atoms with Crippen LogP contribution in [0.15, 0.2) is 24.3 Å². The van der Waals surface area contributed by atoms with Crippen LogP contribution >= 0.6 is 0 Å². The smallest absolute Gasteiger partial charge is 0.235 e. The van der Waals surface area contributed by atoms with E-state index >= 15 is 0 Å². The van der Waals surface area contributed by atoms with Gasteiger partial charge in [0.2, 0.25) is 10.0 Å². The van der Waals surface area contributed by atoms with Gasteiger partial charge in [0, 0.05) is 6.54 Å². The minimum absolute atomic E-state index is 0.260. The van der Waals surface area contributed by atoms with Gasteiger partial charge in [-0.05, 0) is 43.2 Å². The average Bonchev–Trinajstić information content (AvgIpc) is 2.48. The van der Waals surface area contributed by atoms with Crippen LogP contribution in [0, 0.1) is 5.92 Å². The number of benzene rings is 1. The topological polar surface area (TPSA) is 58.2 Å². The Morgan fingerprint density at radius 1 is 1.19 bits per heavy atom. The lowest BCUT2D eigenvalue weighted by molar-refractivity contribution is 0.383. The summed E-state index contributed by atoms with van der Waals surface area (Å²) in [6.07, 6.45) is 7.58. The van der Waals surface area contributed by atoms with Crippen molar-refractivity contribution in [2.45, 2.75) is 37.9 Å². The minimum Gasteiger partial charge on any atom is -0.379 e. The molecule has 2 N–H and O–H groups in total. The molecule has 4 nitrogen and oxygen atoms in total. The molecule has 0 unspecified atom stereocenters. The van der Waals surface area contributed by atoms with Gasteiger partial charge in [0.15, 0.2) is 0 Å². The highest BCUT2D eigenvalue weighted by Crippen LogP contribution is 2.33. The summed E-state index contributed by atoms with van der Waals surface area (Å²) in [5.41, 5.74) is 2.57. The van der Waals surface area contributed by atoms with Crippen LogP contribution in [0.4, 0.5) is 11.4 Å². The monoisotopic (exact) mass is 306 g/mol. The van der Waals surface area contributed by atoms with Crippen LogP contribution in [0.3, 0.4) is 0 Å². The molecular weight excluding hydrogens is 284 g/mol. The number of hydrogen-bond acceptors (Lipinski definition) is 3. The third-order valence-electron chi connectivity index (χ3n) is 4.44. The van der Waals surface area contributed by atoms with Crippen molar-refractivity contribution in [1.29, 1.82) is 0 Å². The predicted octanol–water partition coefficient (Wildman–Crippen LogP) is 3.45. The Hall–Kier alpha value is -1.49. The Morgan fingerprint density at radius 3 is 2.71 bits per heavy atom. The van der Waals surface area contributed by atoms with Crippen molar-refractivity contribution in [3.05, 3.63) is 29.8 Å². The summed E-state index contributed by atoms with van der Waals surface area (Å²) in [6.45, 7) is 2.92. The highest BCUT2D eigenvalue weighted by molar-refractivity contribution is 7.93. The molecule has 0 spiro atoms. The number of rotatable bonds is 3. The minimum atomic E-state index is -3.31. The summed E-state index contributed by atoms with van der Waals surface area (Å²) in [7, 11) is -3.31. The molecule has 0 bridgehead atoms. The van der Waals surface area contributed by atoms with Gasteiger partial charge in [-0.3, -0.25) is 4.72 Å². The molecule has 1 heterocycles. The van der Waals surface area contributed by atoms with Crippen molar-refractivity contribution in [3.8, 4) is 0 Å². The van der Waals surface area contributed by atoms with Crippen molar-refractivity contribution in [2.24, 2.45) is 5.92 Å².